The van der Waals surface area contributed by atoms with Crippen LogP contribution in [0.4, 0.5) is 0 Å². The van der Waals surface area contributed by atoms with E-state index in [-0.39, 0.29) is 0 Å². The molecule has 1 N–H and O–H groups in total. The molecule has 0 aromatic heterocycles. The molecule has 0 amide bonds. The minimum Gasteiger partial charge on any atom is -0.307 e. The van der Waals surface area contributed by atoms with Gasteiger partial charge in [0.2, 0.25) is 0 Å². The number of aryl methyl sites for hydroxylation is 3. The molecule has 0 spiro atoms. The van der Waals surface area contributed by atoms with Crippen LogP contribution in [-0.2, 0) is 0 Å². The molecule has 21 heavy (non-hydrogen) atoms. The Labute approximate surface area is 130 Å². The van der Waals surface area contributed by atoms with E-state index in [2.05, 4.69) is 52.1 Å². The summed E-state index contributed by atoms with van der Waals surface area (Å²) in [6.45, 7) is 11.5. The molecule has 2 aliphatic rings. The second-order valence-electron chi connectivity index (χ2n) is 7.83. The minimum atomic E-state index is 0.458. The van der Waals surface area contributed by atoms with Crippen molar-refractivity contribution in [2.45, 2.75) is 72.4 Å². The van der Waals surface area contributed by atoms with E-state index in [1.54, 1.807) is 0 Å². The van der Waals surface area contributed by atoms with Crippen LogP contribution in [0.15, 0.2) is 12.1 Å². The molecule has 1 aromatic rings. The van der Waals surface area contributed by atoms with Crippen molar-refractivity contribution < 1.29 is 0 Å². The number of benzene rings is 1. The molecule has 2 aliphatic carbocycles. The Kier molecular flexibility index (Phi) is 4.14. The van der Waals surface area contributed by atoms with Crippen LogP contribution in [-0.4, -0.2) is 6.04 Å². The van der Waals surface area contributed by atoms with Crippen LogP contribution >= 0.6 is 0 Å². The fourth-order valence-electron chi connectivity index (χ4n) is 5.38. The second-order valence-corrected chi connectivity index (χ2v) is 7.83. The first-order chi connectivity index (χ1) is 9.95. The Morgan fingerprint density at radius 1 is 1.00 bits per heavy atom. The first kappa shape index (κ1) is 15.1. The highest BCUT2D eigenvalue weighted by Crippen LogP contribution is 2.49. The molecular formula is C20H31N. The molecule has 2 bridgehead atoms. The van der Waals surface area contributed by atoms with Gasteiger partial charge in [-0.25, -0.2) is 0 Å². The lowest BCUT2D eigenvalue weighted by Crippen LogP contribution is -2.38. The highest BCUT2D eigenvalue weighted by molar-refractivity contribution is 5.39. The third-order valence-corrected chi connectivity index (χ3v) is 6.12. The Balaban J connectivity index is 1.70. The molecule has 0 radical (unpaired) electrons. The van der Waals surface area contributed by atoms with Crippen molar-refractivity contribution in [3.63, 3.8) is 0 Å². The van der Waals surface area contributed by atoms with Gasteiger partial charge in [0.05, 0.1) is 0 Å². The van der Waals surface area contributed by atoms with Gasteiger partial charge >= 0.3 is 0 Å². The maximum Gasteiger partial charge on any atom is 0.0299 e. The summed E-state index contributed by atoms with van der Waals surface area (Å²) in [4.78, 5) is 0. The number of rotatable bonds is 4. The molecular weight excluding hydrogens is 254 g/mol. The average molecular weight is 285 g/mol. The lowest BCUT2D eigenvalue weighted by atomic mass is 9.83. The van der Waals surface area contributed by atoms with Gasteiger partial charge < -0.3 is 5.32 Å². The van der Waals surface area contributed by atoms with Crippen LogP contribution in [0.25, 0.3) is 0 Å². The SMILES string of the molecule is Cc1cc(C)c(C(C)NC(C)C2CC3CCC2C3)c(C)c1. The fourth-order valence-corrected chi connectivity index (χ4v) is 5.38. The van der Waals surface area contributed by atoms with Crippen LogP contribution in [0, 0.1) is 38.5 Å². The first-order valence-electron chi connectivity index (χ1n) is 8.79. The maximum absolute atomic E-state index is 3.92. The van der Waals surface area contributed by atoms with E-state index < -0.39 is 0 Å². The summed E-state index contributed by atoms with van der Waals surface area (Å²) in [5.41, 5.74) is 5.76. The van der Waals surface area contributed by atoms with Crippen molar-refractivity contribution in [3.8, 4) is 0 Å². The molecule has 5 unspecified atom stereocenters. The predicted octanol–water partition coefficient (Wildman–Crippen LogP) is 5.09. The molecule has 1 aromatic carbocycles. The van der Waals surface area contributed by atoms with E-state index in [0.29, 0.717) is 12.1 Å². The number of nitrogens with one attached hydrogen (secondary N) is 1. The standard InChI is InChI=1S/C20H31N/c1-12-8-13(2)20(14(3)9-12)16(5)21-15(4)19-11-17-6-7-18(19)10-17/h8-9,15-19,21H,6-7,10-11H2,1-5H3. The Morgan fingerprint density at radius 3 is 2.19 bits per heavy atom. The third-order valence-electron chi connectivity index (χ3n) is 6.12. The molecule has 116 valence electrons. The molecule has 5 atom stereocenters. The lowest BCUT2D eigenvalue weighted by Gasteiger charge is -2.32. The number of fused-ring (bicyclic) bond motifs is 2. The lowest BCUT2D eigenvalue weighted by molar-refractivity contribution is 0.248. The van der Waals surface area contributed by atoms with E-state index in [0.717, 1.165) is 17.8 Å². The predicted molar refractivity (Wildman–Crippen MR) is 90.6 cm³/mol. The average Bonchev–Trinajstić information content (AvgIpc) is 2.99. The second kappa shape index (κ2) is 5.76. The molecule has 0 heterocycles. The summed E-state index contributed by atoms with van der Waals surface area (Å²) in [6.07, 6.45) is 5.96. The van der Waals surface area contributed by atoms with Crippen LogP contribution in [0.1, 0.15) is 67.8 Å². The van der Waals surface area contributed by atoms with Gasteiger partial charge in [0.1, 0.15) is 0 Å². The van der Waals surface area contributed by atoms with Crippen molar-refractivity contribution in [3.05, 3.63) is 34.4 Å². The van der Waals surface area contributed by atoms with E-state index in [9.17, 15) is 0 Å². The molecule has 3 rings (SSSR count). The van der Waals surface area contributed by atoms with Crippen LogP contribution in [0.2, 0.25) is 0 Å². The van der Waals surface area contributed by atoms with Gasteiger partial charge in [-0.05, 0) is 88.3 Å². The van der Waals surface area contributed by atoms with Crippen molar-refractivity contribution in [1.29, 1.82) is 0 Å². The third kappa shape index (κ3) is 2.90. The van der Waals surface area contributed by atoms with Gasteiger partial charge in [0.25, 0.3) is 0 Å². The Hall–Kier alpha value is -0.820. The maximum atomic E-state index is 3.92. The molecule has 1 nitrogen and oxygen atoms in total. The van der Waals surface area contributed by atoms with E-state index in [4.69, 9.17) is 0 Å². The highest BCUT2D eigenvalue weighted by Gasteiger charge is 2.41. The summed E-state index contributed by atoms with van der Waals surface area (Å²) in [5.74, 6) is 2.96. The number of hydrogen-bond acceptors (Lipinski definition) is 1. The smallest absolute Gasteiger partial charge is 0.0299 e. The Bertz CT molecular complexity index is 496. The normalized spacial score (nSPS) is 30.6. The Morgan fingerprint density at radius 2 is 1.67 bits per heavy atom. The zero-order valence-corrected chi connectivity index (χ0v) is 14.4. The molecule has 1 heteroatoms. The highest BCUT2D eigenvalue weighted by atomic mass is 15.0. The fraction of sp³-hybridized carbons (Fsp3) is 0.700. The van der Waals surface area contributed by atoms with Gasteiger partial charge in [-0.1, -0.05) is 24.1 Å². The van der Waals surface area contributed by atoms with Crippen molar-refractivity contribution in [1.82, 2.24) is 5.32 Å². The largest absolute Gasteiger partial charge is 0.307 e. The first-order valence-corrected chi connectivity index (χ1v) is 8.79. The molecule has 2 saturated carbocycles. The zero-order valence-electron chi connectivity index (χ0n) is 14.4. The minimum absolute atomic E-state index is 0.458. The van der Waals surface area contributed by atoms with Crippen LogP contribution in [0.3, 0.4) is 0 Å². The summed E-state index contributed by atoms with van der Waals surface area (Å²) in [5, 5.41) is 3.92. The van der Waals surface area contributed by atoms with Crippen molar-refractivity contribution >= 4 is 0 Å². The number of hydrogen-bond donors (Lipinski definition) is 1. The van der Waals surface area contributed by atoms with Gasteiger partial charge in [0.15, 0.2) is 0 Å². The topological polar surface area (TPSA) is 12.0 Å². The quantitative estimate of drug-likeness (QED) is 0.812. The zero-order chi connectivity index (χ0) is 15.1. The van der Waals surface area contributed by atoms with E-state index in [1.165, 1.54) is 47.9 Å². The van der Waals surface area contributed by atoms with Gasteiger partial charge in [-0.2, -0.15) is 0 Å². The van der Waals surface area contributed by atoms with E-state index in [1.807, 2.05) is 0 Å². The van der Waals surface area contributed by atoms with Gasteiger partial charge in [0, 0.05) is 12.1 Å². The molecule has 0 aliphatic heterocycles. The summed E-state index contributed by atoms with van der Waals surface area (Å²) < 4.78 is 0. The molecule has 2 fully saturated rings. The van der Waals surface area contributed by atoms with Crippen LogP contribution < -0.4 is 5.32 Å². The monoisotopic (exact) mass is 285 g/mol. The van der Waals surface area contributed by atoms with Gasteiger partial charge in [-0.3, -0.25) is 0 Å². The molecule has 0 saturated heterocycles. The van der Waals surface area contributed by atoms with E-state index >= 15 is 0 Å². The van der Waals surface area contributed by atoms with Crippen LogP contribution in [0.5, 0.6) is 0 Å². The summed E-state index contributed by atoms with van der Waals surface area (Å²) in [6, 6.07) is 5.75. The van der Waals surface area contributed by atoms with Crippen molar-refractivity contribution in [2.24, 2.45) is 17.8 Å². The van der Waals surface area contributed by atoms with Crippen molar-refractivity contribution in [2.75, 3.05) is 0 Å². The van der Waals surface area contributed by atoms with Gasteiger partial charge in [-0.15, -0.1) is 0 Å². The summed E-state index contributed by atoms with van der Waals surface area (Å²) >= 11 is 0. The summed E-state index contributed by atoms with van der Waals surface area (Å²) in [7, 11) is 0.